The van der Waals surface area contributed by atoms with Gasteiger partial charge < -0.3 is 9.47 Å². The maximum atomic E-state index is 12.4. The Balaban J connectivity index is 2.45. The highest BCUT2D eigenvalue weighted by molar-refractivity contribution is 6.34. The SMILES string of the molecule is COCc1cc(-c2nn(C)c(OC(F)F)c2Cl)ccc1Cl. The number of alkyl halides is 2. The summed E-state index contributed by atoms with van der Waals surface area (Å²) in [4.78, 5) is 0. The smallest absolute Gasteiger partial charge is 0.388 e. The molecule has 0 amide bonds. The minimum absolute atomic E-state index is 0.0171. The third-order valence-corrected chi connectivity index (χ3v) is 3.47. The van der Waals surface area contributed by atoms with Gasteiger partial charge in [-0.2, -0.15) is 13.9 Å². The first-order valence-corrected chi connectivity index (χ1v) is 6.64. The third kappa shape index (κ3) is 3.45. The molecule has 2 rings (SSSR count). The number of methoxy groups -OCH3 is 1. The average molecular weight is 337 g/mol. The Kier molecular flexibility index (Phi) is 5.03. The van der Waals surface area contributed by atoms with Crippen molar-refractivity contribution in [2.75, 3.05) is 7.11 Å². The fourth-order valence-electron chi connectivity index (χ4n) is 1.87. The molecule has 0 aliphatic carbocycles. The van der Waals surface area contributed by atoms with Crippen LogP contribution in [0.3, 0.4) is 0 Å². The lowest BCUT2D eigenvalue weighted by molar-refractivity contribution is -0.0552. The van der Waals surface area contributed by atoms with Crippen molar-refractivity contribution >= 4 is 23.2 Å². The van der Waals surface area contributed by atoms with Crippen molar-refractivity contribution in [1.82, 2.24) is 9.78 Å². The largest absolute Gasteiger partial charge is 0.416 e. The topological polar surface area (TPSA) is 36.3 Å². The third-order valence-electron chi connectivity index (χ3n) is 2.76. The summed E-state index contributed by atoms with van der Waals surface area (Å²) in [6, 6.07) is 5.11. The van der Waals surface area contributed by atoms with Crippen LogP contribution < -0.4 is 4.74 Å². The van der Waals surface area contributed by atoms with E-state index in [1.165, 1.54) is 7.05 Å². The first-order chi connectivity index (χ1) is 9.93. The standard InChI is InChI=1S/C13H12Cl2F2N2O2/c1-19-12(21-13(16)17)10(15)11(18-19)7-3-4-9(14)8(5-7)6-20-2/h3-5,13H,6H2,1-2H3. The first-order valence-electron chi connectivity index (χ1n) is 5.89. The summed E-state index contributed by atoms with van der Waals surface area (Å²) in [6.45, 7) is -2.66. The van der Waals surface area contributed by atoms with Crippen LogP contribution in [0.1, 0.15) is 5.56 Å². The fourth-order valence-corrected chi connectivity index (χ4v) is 2.35. The monoisotopic (exact) mass is 336 g/mol. The molecule has 2 aromatic rings. The highest BCUT2D eigenvalue weighted by atomic mass is 35.5. The molecule has 0 unspecified atom stereocenters. The maximum Gasteiger partial charge on any atom is 0.388 e. The van der Waals surface area contributed by atoms with Gasteiger partial charge in [0.1, 0.15) is 10.7 Å². The molecule has 0 saturated carbocycles. The second kappa shape index (κ2) is 6.60. The van der Waals surface area contributed by atoms with Gasteiger partial charge in [0, 0.05) is 24.7 Å². The zero-order chi connectivity index (χ0) is 15.6. The quantitative estimate of drug-likeness (QED) is 0.823. The van der Waals surface area contributed by atoms with Gasteiger partial charge in [-0.3, -0.25) is 0 Å². The van der Waals surface area contributed by atoms with E-state index in [0.717, 1.165) is 10.2 Å². The normalized spacial score (nSPS) is 11.2. The minimum Gasteiger partial charge on any atom is -0.416 e. The van der Waals surface area contributed by atoms with Crippen molar-refractivity contribution in [3.8, 4) is 17.1 Å². The van der Waals surface area contributed by atoms with E-state index in [2.05, 4.69) is 9.84 Å². The molecular weight excluding hydrogens is 325 g/mol. The van der Waals surface area contributed by atoms with E-state index in [1.54, 1.807) is 25.3 Å². The van der Waals surface area contributed by atoms with Crippen molar-refractivity contribution in [2.24, 2.45) is 7.05 Å². The number of ether oxygens (including phenoxy) is 2. The molecule has 1 heterocycles. The summed E-state index contributed by atoms with van der Waals surface area (Å²) in [5, 5.41) is 4.66. The molecule has 1 aromatic carbocycles. The molecule has 21 heavy (non-hydrogen) atoms. The Labute approximate surface area is 130 Å². The van der Waals surface area contributed by atoms with Gasteiger partial charge in [0.2, 0.25) is 5.88 Å². The maximum absolute atomic E-state index is 12.4. The van der Waals surface area contributed by atoms with Gasteiger partial charge in [0.15, 0.2) is 0 Å². The zero-order valence-corrected chi connectivity index (χ0v) is 12.8. The van der Waals surface area contributed by atoms with Crippen LogP contribution in [0.15, 0.2) is 18.2 Å². The van der Waals surface area contributed by atoms with Crippen molar-refractivity contribution < 1.29 is 18.3 Å². The van der Waals surface area contributed by atoms with Gasteiger partial charge in [-0.15, -0.1) is 0 Å². The molecule has 0 atom stereocenters. The minimum atomic E-state index is -2.97. The molecule has 0 spiro atoms. The first kappa shape index (κ1) is 16.0. The lowest BCUT2D eigenvalue weighted by Gasteiger charge is -2.06. The van der Waals surface area contributed by atoms with Crippen molar-refractivity contribution in [1.29, 1.82) is 0 Å². The fraction of sp³-hybridized carbons (Fsp3) is 0.308. The number of aromatic nitrogens is 2. The number of hydrogen-bond acceptors (Lipinski definition) is 3. The predicted octanol–water partition coefficient (Wildman–Crippen LogP) is 4.14. The summed E-state index contributed by atoms with van der Waals surface area (Å²) in [7, 11) is 3.02. The number of benzene rings is 1. The van der Waals surface area contributed by atoms with Crippen LogP contribution in [0.2, 0.25) is 10.0 Å². The van der Waals surface area contributed by atoms with E-state index in [-0.39, 0.29) is 10.9 Å². The molecule has 0 radical (unpaired) electrons. The van der Waals surface area contributed by atoms with Crippen molar-refractivity contribution in [2.45, 2.75) is 13.2 Å². The molecule has 1 aromatic heterocycles. The number of hydrogen-bond donors (Lipinski definition) is 0. The Morgan fingerprint density at radius 1 is 1.33 bits per heavy atom. The van der Waals surface area contributed by atoms with Crippen LogP contribution in [0, 0.1) is 0 Å². The van der Waals surface area contributed by atoms with Gasteiger partial charge in [0.05, 0.1) is 6.61 Å². The number of aryl methyl sites for hydroxylation is 1. The molecule has 0 saturated heterocycles. The molecule has 0 bridgehead atoms. The number of rotatable bonds is 5. The van der Waals surface area contributed by atoms with Crippen LogP contribution in [0.4, 0.5) is 8.78 Å². The van der Waals surface area contributed by atoms with Crippen LogP contribution in [-0.4, -0.2) is 23.5 Å². The van der Waals surface area contributed by atoms with Gasteiger partial charge in [-0.05, 0) is 17.7 Å². The van der Waals surface area contributed by atoms with E-state index in [4.69, 9.17) is 27.9 Å². The van der Waals surface area contributed by atoms with Gasteiger partial charge >= 0.3 is 6.61 Å². The Morgan fingerprint density at radius 2 is 2.05 bits per heavy atom. The summed E-state index contributed by atoms with van der Waals surface area (Å²) >= 11 is 12.1. The van der Waals surface area contributed by atoms with E-state index >= 15 is 0 Å². The average Bonchev–Trinajstić information content (AvgIpc) is 2.69. The van der Waals surface area contributed by atoms with Gasteiger partial charge in [-0.1, -0.05) is 29.3 Å². The molecule has 0 N–H and O–H groups in total. The molecular formula is C13H12Cl2F2N2O2. The van der Waals surface area contributed by atoms with Crippen LogP contribution in [0.25, 0.3) is 11.3 Å². The molecule has 0 aliphatic heterocycles. The lowest BCUT2D eigenvalue weighted by atomic mass is 10.1. The summed E-state index contributed by atoms with van der Waals surface area (Å²) < 4.78 is 35.3. The van der Waals surface area contributed by atoms with Crippen LogP contribution >= 0.6 is 23.2 Å². The molecule has 114 valence electrons. The Bertz CT molecular complexity index is 647. The highest BCUT2D eigenvalue weighted by Crippen LogP contribution is 2.36. The van der Waals surface area contributed by atoms with E-state index in [0.29, 0.717) is 22.9 Å². The molecule has 0 aliphatic rings. The molecule has 4 nitrogen and oxygen atoms in total. The van der Waals surface area contributed by atoms with E-state index in [9.17, 15) is 8.78 Å². The second-order valence-electron chi connectivity index (χ2n) is 4.21. The molecule has 8 heteroatoms. The summed E-state index contributed by atoms with van der Waals surface area (Å²) in [5.74, 6) is -0.190. The zero-order valence-electron chi connectivity index (χ0n) is 11.2. The Morgan fingerprint density at radius 3 is 2.67 bits per heavy atom. The van der Waals surface area contributed by atoms with Gasteiger partial charge in [-0.25, -0.2) is 4.68 Å². The second-order valence-corrected chi connectivity index (χ2v) is 4.99. The Hall–Kier alpha value is -1.37. The predicted molar refractivity (Wildman–Crippen MR) is 76.0 cm³/mol. The van der Waals surface area contributed by atoms with Gasteiger partial charge in [0.25, 0.3) is 0 Å². The van der Waals surface area contributed by atoms with Crippen LogP contribution in [0.5, 0.6) is 5.88 Å². The van der Waals surface area contributed by atoms with Crippen LogP contribution in [-0.2, 0) is 18.4 Å². The highest BCUT2D eigenvalue weighted by Gasteiger charge is 2.20. The molecule has 0 fully saturated rings. The van der Waals surface area contributed by atoms with E-state index in [1.807, 2.05) is 0 Å². The number of halogens is 4. The lowest BCUT2D eigenvalue weighted by Crippen LogP contribution is -2.06. The van der Waals surface area contributed by atoms with E-state index < -0.39 is 6.61 Å². The summed E-state index contributed by atoms with van der Waals surface area (Å²) in [5.41, 5.74) is 1.72. The van der Waals surface area contributed by atoms with Crippen molar-refractivity contribution in [3.05, 3.63) is 33.8 Å². The summed E-state index contributed by atoms with van der Waals surface area (Å²) in [6.07, 6.45) is 0. The number of nitrogens with zero attached hydrogens (tertiary/aromatic N) is 2. The van der Waals surface area contributed by atoms with Crippen molar-refractivity contribution in [3.63, 3.8) is 0 Å².